The molecule has 2 aromatic rings. The van der Waals surface area contributed by atoms with Crippen LogP contribution in [0.4, 0.5) is 23.2 Å². The summed E-state index contributed by atoms with van der Waals surface area (Å²) in [5, 5.41) is 2.37. The highest BCUT2D eigenvalue weighted by atomic mass is 19.4. The zero-order valence-electron chi connectivity index (χ0n) is 11.1. The number of hydrogen-bond acceptors (Lipinski definition) is 2. The van der Waals surface area contributed by atoms with Crippen molar-refractivity contribution in [1.82, 2.24) is 0 Å². The SMILES string of the molecule is COc1cc(NC(c2ccccc2)C(F)(F)F)ccc1F. The third-order valence-corrected chi connectivity index (χ3v) is 2.92. The summed E-state index contributed by atoms with van der Waals surface area (Å²) in [5.74, 6) is -0.750. The molecule has 6 heteroatoms. The third-order valence-electron chi connectivity index (χ3n) is 2.92. The Balaban J connectivity index is 2.32. The van der Waals surface area contributed by atoms with Crippen molar-refractivity contribution in [3.05, 3.63) is 59.9 Å². The first-order valence-corrected chi connectivity index (χ1v) is 6.13. The van der Waals surface area contributed by atoms with E-state index in [1.165, 1.54) is 43.5 Å². The van der Waals surface area contributed by atoms with Crippen LogP contribution in [-0.4, -0.2) is 13.3 Å². The molecule has 0 aliphatic rings. The topological polar surface area (TPSA) is 21.3 Å². The first kappa shape index (κ1) is 15.2. The van der Waals surface area contributed by atoms with E-state index in [0.717, 1.165) is 6.07 Å². The van der Waals surface area contributed by atoms with E-state index in [0.29, 0.717) is 0 Å². The molecule has 112 valence electrons. The molecule has 0 saturated heterocycles. The molecule has 0 spiro atoms. The van der Waals surface area contributed by atoms with Crippen LogP contribution in [0.2, 0.25) is 0 Å². The van der Waals surface area contributed by atoms with Gasteiger partial charge in [-0.3, -0.25) is 0 Å². The molecule has 0 radical (unpaired) electrons. The Bertz CT molecular complexity index is 598. The zero-order chi connectivity index (χ0) is 15.5. The molecule has 0 fully saturated rings. The Morgan fingerprint density at radius 3 is 2.29 bits per heavy atom. The fraction of sp³-hybridized carbons (Fsp3) is 0.200. The Kier molecular flexibility index (Phi) is 4.35. The summed E-state index contributed by atoms with van der Waals surface area (Å²) < 4.78 is 57.6. The lowest BCUT2D eigenvalue weighted by Crippen LogP contribution is -2.27. The molecular formula is C15H13F4NO. The second-order valence-electron chi connectivity index (χ2n) is 4.38. The Labute approximate surface area is 119 Å². The number of methoxy groups -OCH3 is 1. The summed E-state index contributed by atoms with van der Waals surface area (Å²) in [7, 11) is 1.25. The van der Waals surface area contributed by atoms with Gasteiger partial charge in [0.2, 0.25) is 0 Å². The minimum Gasteiger partial charge on any atom is -0.494 e. The van der Waals surface area contributed by atoms with Crippen LogP contribution in [0.5, 0.6) is 5.75 Å². The smallest absolute Gasteiger partial charge is 0.412 e. The maximum absolute atomic E-state index is 13.3. The molecule has 2 rings (SSSR count). The molecule has 0 aromatic heterocycles. The van der Waals surface area contributed by atoms with Gasteiger partial charge in [-0.05, 0) is 17.7 Å². The number of alkyl halides is 3. The lowest BCUT2D eigenvalue weighted by atomic mass is 10.1. The van der Waals surface area contributed by atoms with E-state index in [-0.39, 0.29) is 17.0 Å². The lowest BCUT2D eigenvalue weighted by molar-refractivity contribution is -0.144. The molecule has 0 saturated carbocycles. The van der Waals surface area contributed by atoms with Gasteiger partial charge in [-0.25, -0.2) is 4.39 Å². The molecule has 0 amide bonds. The number of nitrogens with one attached hydrogen (secondary N) is 1. The van der Waals surface area contributed by atoms with Crippen molar-refractivity contribution in [3.8, 4) is 5.75 Å². The molecule has 1 unspecified atom stereocenters. The zero-order valence-corrected chi connectivity index (χ0v) is 11.1. The largest absolute Gasteiger partial charge is 0.494 e. The van der Waals surface area contributed by atoms with Crippen LogP contribution in [0.3, 0.4) is 0 Å². The average Bonchev–Trinajstić information content (AvgIpc) is 2.46. The van der Waals surface area contributed by atoms with E-state index < -0.39 is 18.0 Å². The molecule has 0 aliphatic heterocycles. The molecule has 2 nitrogen and oxygen atoms in total. The maximum atomic E-state index is 13.3. The van der Waals surface area contributed by atoms with Gasteiger partial charge < -0.3 is 10.1 Å². The van der Waals surface area contributed by atoms with Crippen LogP contribution in [-0.2, 0) is 0 Å². The molecule has 0 bridgehead atoms. The summed E-state index contributed by atoms with van der Waals surface area (Å²) in [6.07, 6.45) is -4.48. The minimum atomic E-state index is -4.48. The van der Waals surface area contributed by atoms with Gasteiger partial charge in [0.1, 0.15) is 6.04 Å². The van der Waals surface area contributed by atoms with Gasteiger partial charge in [0, 0.05) is 11.8 Å². The molecule has 21 heavy (non-hydrogen) atoms. The van der Waals surface area contributed by atoms with Crippen LogP contribution < -0.4 is 10.1 Å². The van der Waals surface area contributed by atoms with Crippen molar-refractivity contribution < 1.29 is 22.3 Å². The molecular weight excluding hydrogens is 286 g/mol. The number of benzene rings is 2. The normalized spacial score (nSPS) is 12.8. The van der Waals surface area contributed by atoms with Crippen molar-refractivity contribution >= 4 is 5.69 Å². The van der Waals surface area contributed by atoms with Crippen molar-refractivity contribution in [2.75, 3.05) is 12.4 Å². The van der Waals surface area contributed by atoms with Crippen LogP contribution in [0.1, 0.15) is 11.6 Å². The van der Waals surface area contributed by atoms with Crippen molar-refractivity contribution in [2.45, 2.75) is 12.2 Å². The maximum Gasteiger partial charge on any atom is 0.412 e. The minimum absolute atomic E-state index is 0.0771. The number of anilines is 1. The van der Waals surface area contributed by atoms with Crippen molar-refractivity contribution in [2.24, 2.45) is 0 Å². The average molecular weight is 299 g/mol. The quantitative estimate of drug-likeness (QED) is 0.836. The van der Waals surface area contributed by atoms with E-state index >= 15 is 0 Å². The van der Waals surface area contributed by atoms with Gasteiger partial charge in [0.15, 0.2) is 11.6 Å². The van der Waals surface area contributed by atoms with E-state index in [1.807, 2.05) is 0 Å². The van der Waals surface area contributed by atoms with E-state index in [2.05, 4.69) is 5.32 Å². The highest BCUT2D eigenvalue weighted by molar-refractivity contribution is 5.51. The van der Waals surface area contributed by atoms with Crippen molar-refractivity contribution in [1.29, 1.82) is 0 Å². The lowest BCUT2D eigenvalue weighted by Gasteiger charge is -2.23. The van der Waals surface area contributed by atoms with Crippen LogP contribution in [0.15, 0.2) is 48.5 Å². The predicted octanol–water partition coefficient (Wildman–Crippen LogP) is 4.55. The summed E-state index contributed by atoms with van der Waals surface area (Å²) in [5.41, 5.74) is 0.202. The first-order chi connectivity index (χ1) is 9.91. The second kappa shape index (κ2) is 6.03. The van der Waals surface area contributed by atoms with Gasteiger partial charge >= 0.3 is 6.18 Å². The number of rotatable bonds is 4. The summed E-state index contributed by atoms with van der Waals surface area (Å²) in [6, 6.07) is 9.06. The summed E-state index contributed by atoms with van der Waals surface area (Å²) in [6.45, 7) is 0. The highest BCUT2D eigenvalue weighted by Crippen LogP contribution is 2.36. The second-order valence-corrected chi connectivity index (χ2v) is 4.38. The number of ether oxygens (including phenoxy) is 1. The Morgan fingerprint density at radius 1 is 1.05 bits per heavy atom. The highest BCUT2D eigenvalue weighted by Gasteiger charge is 2.40. The molecule has 2 aromatic carbocycles. The monoisotopic (exact) mass is 299 g/mol. The predicted molar refractivity (Wildman–Crippen MR) is 71.8 cm³/mol. The summed E-state index contributed by atoms with van der Waals surface area (Å²) >= 11 is 0. The molecule has 0 heterocycles. The van der Waals surface area contributed by atoms with Gasteiger partial charge in [0.25, 0.3) is 0 Å². The molecule has 0 aliphatic carbocycles. The van der Waals surface area contributed by atoms with Gasteiger partial charge in [-0.1, -0.05) is 30.3 Å². The van der Waals surface area contributed by atoms with Crippen LogP contribution in [0.25, 0.3) is 0 Å². The fourth-order valence-corrected chi connectivity index (χ4v) is 1.92. The third kappa shape index (κ3) is 3.65. The number of halogens is 4. The van der Waals surface area contributed by atoms with E-state index in [4.69, 9.17) is 4.74 Å². The van der Waals surface area contributed by atoms with Gasteiger partial charge in [0.05, 0.1) is 7.11 Å². The molecule has 1 atom stereocenters. The molecule has 1 N–H and O–H groups in total. The fourth-order valence-electron chi connectivity index (χ4n) is 1.92. The van der Waals surface area contributed by atoms with Gasteiger partial charge in [-0.2, -0.15) is 13.2 Å². The van der Waals surface area contributed by atoms with Crippen molar-refractivity contribution in [3.63, 3.8) is 0 Å². The van der Waals surface area contributed by atoms with Crippen LogP contribution >= 0.6 is 0 Å². The van der Waals surface area contributed by atoms with E-state index in [9.17, 15) is 17.6 Å². The Hall–Kier alpha value is -2.24. The number of hydrogen-bond donors (Lipinski definition) is 1. The first-order valence-electron chi connectivity index (χ1n) is 6.13. The van der Waals surface area contributed by atoms with Gasteiger partial charge in [-0.15, -0.1) is 0 Å². The van der Waals surface area contributed by atoms with Crippen LogP contribution in [0, 0.1) is 5.82 Å². The summed E-state index contributed by atoms with van der Waals surface area (Å²) in [4.78, 5) is 0. The standard InChI is InChI=1S/C15H13F4NO/c1-21-13-9-11(7-8-12(13)16)20-14(15(17,18)19)10-5-3-2-4-6-10/h2-9,14,20H,1H3. The van der Waals surface area contributed by atoms with E-state index in [1.54, 1.807) is 6.07 Å². The Morgan fingerprint density at radius 2 is 1.71 bits per heavy atom.